The first-order valence-electron chi connectivity index (χ1n) is 1.98. The summed E-state index contributed by atoms with van der Waals surface area (Å²) >= 11 is 0. The molecule has 0 aromatic carbocycles. The van der Waals surface area contributed by atoms with Crippen molar-refractivity contribution in [1.82, 2.24) is 0 Å². The van der Waals surface area contributed by atoms with Crippen LogP contribution in [0.3, 0.4) is 0 Å². The molecule has 0 radical (unpaired) electrons. The molecule has 12 heavy (non-hydrogen) atoms. The van der Waals surface area contributed by atoms with E-state index in [-0.39, 0.29) is 0 Å². The highest BCUT2D eigenvalue weighted by Gasteiger charge is 2.20. The lowest BCUT2D eigenvalue weighted by Crippen LogP contribution is -2.16. The Hall–Kier alpha value is -0.910. The summed E-state index contributed by atoms with van der Waals surface area (Å²) in [6, 6.07) is 0. The third kappa shape index (κ3) is 7.20. The minimum Gasteiger partial charge on any atom is -0.290 e. The van der Waals surface area contributed by atoms with Crippen LogP contribution in [0.4, 0.5) is 4.79 Å². The molecule has 0 unspecified atom stereocenters. The molecule has 0 aliphatic rings. The molecule has 0 rings (SSSR count). The van der Waals surface area contributed by atoms with E-state index in [9.17, 15) is 21.6 Å². The smallest absolute Gasteiger partial charge is 0.290 e. The Morgan fingerprint density at radius 2 is 1.17 bits per heavy atom. The molecule has 0 saturated heterocycles. The van der Waals surface area contributed by atoms with Gasteiger partial charge in [0.2, 0.25) is 0 Å². The second-order valence-electron chi connectivity index (χ2n) is 1.27. The molecule has 11 heteroatoms. The van der Waals surface area contributed by atoms with E-state index in [1.54, 1.807) is 0 Å². The molecule has 72 valence electrons. The molecule has 0 heterocycles. The monoisotopic (exact) mass is 222 g/mol. The maximum absolute atomic E-state index is 9.95. The summed E-state index contributed by atoms with van der Waals surface area (Å²) in [7, 11) is -10.3. The summed E-state index contributed by atoms with van der Waals surface area (Å²) in [4.78, 5) is 9.95. The summed E-state index contributed by atoms with van der Waals surface area (Å²) < 4.78 is 60.1. The highest BCUT2D eigenvalue weighted by Crippen LogP contribution is 1.95. The van der Waals surface area contributed by atoms with E-state index in [1.807, 2.05) is 0 Å². The van der Waals surface area contributed by atoms with Crippen LogP contribution < -0.4 is 0 Å². The number of carbonyl (C=O) groups is 1. The van der Waals surface area contributed by atoms with Crippen molar-refractivity contribution < 1.29 is 39.1 Å². The molecule has 0 aliphatic heterocycles. The van der Waals surface area contributed by atoms with Crippen molar-refractivity contribution >= 4 is 27.0 Å². The zero-order valence-corrected chi connectivity index (χ0v) is 6.70. The van der Waals surface area contributed by atoms with E-state index in [0.29, 0.717) is 0 Å². The molecule has 0 atom stereocenters. The molecule has 0 amide bonds. The predicted molar refractivity (Wildman–Crippen MR) is 30.7 cm³/mol. The number of rotatable bonds is 2. The van der Waals surface area contributed by atoms with Crippen LogP contribution in [-0.4, -0.2) is 32.1 Å². The van der Waals surface area contributed by atoms with E-state index in [1.165, 1.54) is 0 Å². The van der Waals surface area contributed by atoms with Crippen molar-refractivity contribution in [3.05, 3.63) is 0 Å². The first-order valence-corrected chi connectivity index (χ1v) is 4.71. The highest BCUT2D eigenvalue weighted by atomic mass is 32.3. The fourth-order valence-electron chi connectivity index (χ4n) is 0.186. The van der Waals surface area contributed by atoms with Crippen LogP contribution >= 0.6 is 0 Å². The Labute approximate surface area is 66.8 Å². The largest absolute Gasteiger partial charge is 0.543 e. The Kier molecular flexibility index (Phi) is 2.98. The Morgan fingerprint density at radius 3 is 1.33 bits per heavy atom. The molecule has 9 nitrogen and oxygen atoms in total. The van der Waals surface area contributed by atoms with Gasteiger partial charge in [-0.25, -0.2) is 4.79 Å². The van der Waals surface area contributed by atoms with E-state index >= 15 is 0 Å². The zero-order chi connectivity index (χ0) is 9.99. The molecule has 0 aromatic heterocycles. The van der Waals surface area contributed by atoms with Crippen LogP contribution in [0.1, 0.15) is 0 Å². The van der Waals surface area contributed by atoms with Gasteiger partial charge in [-0.15, -0.1) is 0 Å². The maximum Gasteiger partial charge on any atom is 0.543 e. The molecule has 0 spiro atoms. The first-order chi connectivity index (χ1) is 5.10. The second-order valence-corrected chi connectivity index (χ2v) is 3.32. The normalized spacial score (nSPS) is 12.2. The second kappa shape index (κ2) is 3.22. The van der Waals surface area contributed by atoms with Gasteiger partial charge in [-0.3, -0.25) is 17.5 Å². The van der Waals surface area contributed by atoms with Gasteiger partial charge in [0.15, 0.2) is 0 Å². The number of hydrogen-bond donors (Lipinski definition) is 2. The van der Waals surface area contributed by atoms with Gasteiger partial charge in [-0.05, 0) is 0 Å². The fourth-order valence-corrected chi connectivity index (χ4v) is 0.641. The van der Waals surface area contributed by atoms with Crippen LogP contribution in [0.25, 0.3) is 0 Å². The zero-order valence-electron chi connectivity index (χ0n) is 5.07. The SMILES string of the molecule is O=C(OS(=O)(=O)O)OS(=O)(=O)O. The minimum atomic E-state index is -5.15. The van der Waals surface area contributed by atoms with E-state index in [2.05, 4.69) is 8.37 Å². The summed E-state index contributed by atoms with van der Waals surface area (Å²) in [6.07, 6.45) is -2.29. The Morgan fingerprint density at radius 1 is 0.917 bits per heavy atom. The van der Waals surface area contributed by atoms with Crippen molar-refractivity contribution in [3.8, 4) is 0 Å². The van der Waals surface area contributed by atoms with Crippen molar-refractivity contribution in [2.45, 2.75) is 0 Å². The van der Waals surface area contributed by atoms with Crippen LogP contribution in [-0.2, 0) is 29.2 Å². The first kappa shape index (κ1) is 11.1. The standard InChI is InChI=1S/CH2O9S2/c2-1(9-11(3,4)5)10-12(6,7)8/h(H,3,4,5)(H,6,7,8). The molecular formula is CH2O9S2. The van der Waals surface area contributed by atoms with Crippen molar-refractivity contribution in [1.29, 1.82) is 0 Å². The minimum absolute atomic E-state index is 2.29. The summed E-state index contributed by atoms with van der Waals surface area (Å²) in [5.41, 5.74) is 0. The van der Waals surface area contributed by atoms with Gasteiger partial charge in [0.25, 0.3) is 0 Å². The van der Waals surface area contributed by atoms with Gasteiger partial charge in [-0.2, -0.15) is 16.8 Å². The lowest BCUT2D eigenvalue weighted by molar-refractivity contribution is 0.145. The van der Waals surface area contributed by atoms with Crippen LogP contribution in [0, 0.1) is 0 Å². The van der Waals surface area contributed by atoms with Gasteiger partial charge in [0.1, 0.15) is 0 Å². The summed E-state index contributed by atoms with van der Waals surface area (Å²) in [6.45, 7) is 0. The lowest BCUT2D eigenvalue weighted by atomic mass is 11.5. The van der Waals surface area contributed by atoms with E-state index < -0.39 is 27.0 Å². The highest BCUT2D eigenvalue weighted by molar-refractivity contribution is 7.82. The van der Waals surface area contributed by atoms with Crippen LogP contribution in [0.2, 0.25) is 0 Å². The van der Waals surface area contributed by atoms with Crippen LogP contribution in [0.5, 0.6) is 0 Å². The maximum atomic E-state index is 9.95. The van der Waals surface area contributed by atoms with Crippen molar-refractivity contribution in [2.24, 2.45) is 0 Å². The van der Waals surface area contributed by atoms with E-state index in [4.69, 9.17) is 9.11 Å². The van der Waals surface area contributed by atoms with Crippen molar-refractivity contribution in [2.75, 3.05) is 0 Å². The summed E-state index contributed by atoms with van der Waals surface area (Å²) in [5.74, 6) is 0. The average Bonchev–Trinajstić information content (AvgIpc) is 1.49. The summed E-state index contributed by atoms with van der Waals surface area (Å²) in [5, 5.41) is 0. The van der Waals surface area contributed by atoms with Gasteiger partial charge >= 0.3 is 27.0 Å². The Bertz CT molecular complexity index is 319. The molecule has 0 aliphatic carbocycles. The third-order valence-electron chi connectivity index (χ3n) is 0.347. The van der Waals surface area contributed by atoms with Crippen molar-refractivity contribution in [3.63, 3.8) is 0 Å². The van der Waals surface area contributed by atoms with Crippen LogP contribution in [0.15, 0.2) is 0 Å². The molecule has 0 bridgehead atoms. The topological polar surface area (TPSA) is 144 Å². The molecule has 0 aromatic rings. The van der Waals surface area contributed by atoms with Gasteiger partial charge < -0.3 is 0 Å². The Balaban J connectivity index is 4.30. The molecular weight excluding hydrogens is 220 g/mol. The molecule has 0 fully saturated rings. The average molecular weight is 222 g/mol. The van der Waals surface area contributed by atoms with E-state index in [0.717, 1.165) is 0 Å². The molecule has 0 saturated carbocycles. The van der Waals surface area contributed by atoms with Gasteiger partial charge in [-0.1, -0.05) is 0 Å². The number of hydrogen-bond acceptors (Lipinski definition) is 7. The predicted octanol–water partition coefficient (Wildman–Crippen LogP) is -1.25. The lowest BCUT2D eigenvalue weighted by Gasteiger charge is -1.97. The van der Waals surface area contributed by atoms with Gasteiger partial charge in [0, 0.05) is 0 Å². The molecule has 2 N–H and O–H groups in total. The quantitative estimate of drug-likeness (QED) is 0.547. The third-order valence-corrected chi connectivity index (χ3v) is 1.04. The van der Waals surface area contributed by atoms with Gasteiger partial charge in [0.05, 0.1) is 0 Å². The fraction of sp³-hybridized carbons (Fsp3) is 0. The number of carbonyl (C=O) groups excluding carboxylic acids is 1.